The fourth-order valence-corrected chi connectivity index (χ4v) is 3.85. The van der Waals surface area contributed by atoms with Crippen molar-refractivity contribution in [2.45, 2.75) is 19.3 Å². The molecule has 1 aromatic rings. The van der Waals surface area contributed by atoms with Crippen LogP contribution in [0.15, 0.2) is 24.3 Å². The molecule has 0 aliphatic carbocycles. The summed E-state index contributed by atoms with van der Waals surface area (Å²) < 4.78 is 30.6. The zero-order valence-corrected chi connectivity index (χ0v) is 11.4. The fourth-order valence-electron chi connectivity index (χ4n) is 2.25. The smallest absolute Gasteiger partial charge is 0.214 e. The van der Waals surface area contributed by atoms with Gasteiger partial charge in [-0.3, -0.25) is 0 Å². The molecule has 1 saturated heterocycles. The third kappa shape index (κ3) is 3.03. The third-order valence-electron chi connectivity index (χ3n) is 3.28. The lowest BCUT2D eigenvalue weighted by Gasteiger charge is -2.26. The van der Waals surface area contributed by atoms with Crippen LogP contribution in [-0.2, 0) is 16.4 Å². The van der Waals surface area contributed by atoms with E-state index in [0.29, 0.717) is 25.3 Å². The Hall–Kier alpha value is -1.07. The summed E-state index contributed by atoms with van der Waals surface area (Å²) in [6.45, 7) is 1.19. The quantitative estimate of drug-likeness (QED) is 0.835. The van der Waals surface area contributed by atoms with E-state index >= 15 is 0 Å². The maximum Gasteiger partial charge on any atom is 0.214 e. The number of sulfonamides is 1. The van der Waals surface area contributed by atoms with Gasteiger partial charge in [0, 0.05) is 13.1 Å². The monoisotopic (exact) mass is 269 g/mol. The average molecular weight is 269 g/mol. The molecule has 0 aromatic heterocycles. The van der Waals surface area contributed by atoms with Crippen LogP contribution in [-0.4, -0.2) is 38.7 Å². The van der Waals surface area contributed by atoms with Gasteiger partial charge in [0.2, 0.25) is 10.0 Å². The van der Waals surface area contributed by atoms with Crippen molar-refractivity contribution in [2.75, 3.05) is 26.0 Å². The summed E-state index contributed by atoms with van der Waals surface area (Å²) in [6, 6.07) is 7.75. The van der Waals surface area contributed by atoms with Crippen molar-refractivity contribution >= 4 is 10.0 Å². The molecule has 4 nitrogen and oxygen atoms in total. The molecule has 0 bridgehead atoms. The van der Waals surface area contributed by atoms with Crippen LogP contribution < -0.4 is 4.74 Å². The predicted octanol–water partition coefficient (Wildman–Crippen LogP) is 1.66. The SMILES string of the molecule is COc1ccccc1CCN1CCCCS1(=O)=O. The van der Waals surface area contributed by atoms with Crippen molar-refractivity contribution in [3.63, 3.8) is 0 Å². The van der Waals surface area contributed by atoms with Crippen LogP contribution in [0.2, 0.25) is 0 Å². The average Bonchev–Trinajstić information content (AvgIpc) is 2.37. The molecule has 1 fully saturated rings. The first-order valence-corrected chi connectivity index (χ1v) is 7.84. The van der Waals surface area contributed by atoms with Crippen LogP contribution >= 0.6 is 0 Å². The van der Waals surface area contributed by atoms with E-state index in [1.807, 2.05) is 24.3 Å². The second-order valence-electron chi connectivity index (χ2n) is 4.48. The summed E-state index contributed by atoms with van der Waals surface area (Å²) in [5, 5.41) is 0. The van der Waals surface area contributed by atoms with Gasteiger partial charge < -0.3 is 4.74 Å². The van der Waals surface area contributed by atoms with Crippen molar-refractivity contribution in [1.29, 1.82) is 0 Å². The maximum absolute atomic E-state index is 11.9. The Labute approximate surface area is 109 Å². The Bertz CT molecular complexity index is 499. The van der Waals surface area contributed by atoms with Crippen LogP contribution in [0.5, 0.6) is 5.75 Å². The molecule has 0 atom stereocenters. The van der Waals surface area contributed by atoms with E-state index in [4.69, 9.17) is 4.74 Å². The highest BCUT2D eigenvalue weighted by Crippen LogP contribution is 2.20. The number of para-hydroxylation sites is 1. The Morgan fingerprint density at radius 3 is 2.78 bits per heavy atom. The number of hydrogen-bond donors (Lipinski definition) is 0. The van der Waals surface area contributed by atoms with E-state index in [0.717, 1.165) is 24.2 Å². The largest absolute Gasteiger partial charge is 0.496 e. The summed E-state index contributed by atoms with van der Waals surface area (Å²) in [5.74, 6) is 1.12. The number of ether oxygens (including phenoxy) is 1. The molecule has 0 spiro atoms. The van der Waals surface area contributed by atoms with Gasteiger partial charge in [-0.25, -0.2) is 12.7 Å². The van der Waals surface area contributed by atoms with Gasteiger partial charge in [-0.2, -0.15) is 0 Å². The molecule has 0 amide bonds. The fraction of sp³-hybridized carbons (Fsp3) is 0.538. The van der Waals surface area contributed by atoms with E-state index in [2.05, 4.69) is 0 Å². The summed E-state index contributed by atoms with van der Waals surface area (Å²) in [6.07, 6.45) is 2.45. The molecule has 18 heavy (non-hydrogen) atoms. The van der Waals surface area contributed by atoms with Gasteiger partial charge in [-0.05, 0) is 30.9 Å². The lowest BCUT2D eigenvalue weighted by Crippen LogP contribution is -2.39. The molecule has 0 N–H and O–H groups in total. The molecule has 0 unspecified atom stereocenters. The van der Waals surface area contributed by atoms with E-state index in [1.165, 1.54) is 0 Å². The summed E-state index contributed by atoms with van der Waals surface area (Å²) in [4.78, 5) is 0. The minimum absolute atomic E-state index is 0.291. The van der Waals surface area contributed by atoms with Gasteiger partial charge in [0.15, 0.2) is 0 Å². The first-order valence-electron chi connectivity index (χ1n) is 6.23. The summed E-state index contributed by atoms with van der Waals surface area (Å²) >= 11 is 0. The molecule has 1 heterocycles. The second-order valence-corrected chi connectivity index (χ2v) is 6.57. The van der Waals surface area contributed by atoms with Crippen LogP contribution in [0.1, 0.15) is 18.4 Å². The molecule has 1 aliphatic heterocycles. The van der Waals surface area contributed by atoms with Gasteiger partial charge in [0.25, 0.3) is 0 Å². The summed E-state index contributed by atoms with van der Waals surface area (Å²) in [7, 11) is -1.39. The standard InChI is InChI=1S/C13H19NO3S/c1-17-13-7-3-2-6-12(13)8-10-14-9-4-5-11-18(14,15)16/h2-3,6-7H,4-5,8-11H2,1H3. The zero-order valence-electron chi connectivity index (χ0n) is 10.6. The Kier molecular flexibility index (Phi) is 4.24. The van der Waals surface area contributed by atoms with E-state index in [9.17, 15) is 8.42 Å². The van der Waals surface area contributed by atoms with Crippen molar-refractivity contribution < 1.29 is 13.2 Å². The minimum Gasteiger partial charge on any atom is -0.496 e. The van der Waals surface area contributed by atoms with Gasteiger partial charge >= 0.3 is 0 Å². The van der Waals surface area contributed by atoms with E-state index < -0.39 is 10.0 Å². The molecule has 1 aromatic carbocycles. The normalized spacial score (nSPS) is 19.6. The van der Waals surface area contributed by atoms with Gasteiger partial charge in [0.1, 0.15) is 5.75 Å². The molecule has 5 heteroatoms. The number of methoxy groups -OCH3 is 1. The molecular formula is C13H19NO3S. The molecule has 0 saturated carbocycles. The van der Waals surface area contributed by atoms with Crippen molar-refractivity contribution in [3.05, 3.63) is 29.8 Å². The van der Waals surface area contributed by atoms with Gasteiger partial charge in [-0.1, -0.05) is 18.2 Å². The molecule has 100 valence electrons. The topological polar surface area (TPSA) is 46.6 Å². The van der Waals surface area contributed by atoms with Crippen molar-refractivity contribution in [1.82, 2.24) is 4.31 Å². The first-order chi connectivity index (χ1) is 8.63. The Morgan fingerprint density at radius 1 is 1.28 bits per heavy atom. The number of rotatable bonds is 4. The lowest BCUT2D eigenvalue weighted by molar-refractivity contribution is 0.378. The molecule has 2 rings (SSSR count). The van der Waals surface area contributed by atoms with Crippen LogP contribution in [0, 0.1) is 0 Å². The second kappa shape index (κ2) is 5.71. The highest BCUT2D eigenvalue weighted by Gasteiger charge is 2.25. The maximum atomic E-state index is 11.9. The van der Waals surface area contributed by atoms with Gasteiger partial charge in [-0.15, -0.1) is 0 Å². The first kappa shape index (κ1) is 13.4. The number of hydrogen-bond acceptors (Lipinski definition) is 3. The Morgan fingerprint density at radius 2 is 2.06 bits per heavy atom. The van der Waals surface area contributed by atoms with Crippen LogP contribution in [0.25, 0.3) is 0 Å². The minimum atomic E-state index is -3.02. The van der Waals surface area contributed by atoms with Crippen LogP contribution in [0.4, 0.5) is 0 Å². The highest BCUT2D eigenvalue weighted by molar-refractivity contribution is 7.89. The Balaban J connectivity index is 2.03. The molecular weight excluding hydrogens is 250 g/mol. The number of benzene rings is 1. The lowest BCUT2D eigenvalue weighted by atomic mass is 10.1. The zero-order chi connectivity index (χ0) is 13.0. The van der Waals surface area contributed by atoms with E-state index in [-0.39, 0.29) is 0 Å². The van der Waals surface area contributed by atoms with E-state index in [1.54, 1.807) is 11.4 Å². The summed E-state index contributed by atoms with van der Waals surface area (Å²) in [5.41, 5.74) is 1.06. The molecule has 1 aliphatic rings. The van der Waals surface area contributed by atoms with Crippen molar-refractivity contribution in [3.8, 4) is 5.75 Å². The number of nitrogens with zero attached hydrogens (tertiary/aromatic N) is 1. The third-order valence-corrected chi connectivity index (χ3v) is 5.23. The van der Waals surface area contributed by atoms with Crippen molar-refractivity contribution in [2.24, 2.45) is 0 Å². The predicted molar refractivity (Wildman–Crippen MR) is 71.3 cm³/mol. The van der Waals surface area contributed by atoms with Crippen LogP contribution in [0.3, 0.4) is 0 Å². The van der Waals surface area contributed by atoms with Gasteiger partial charge in [0.05, 0.1) is 12.9 Å². The molecule has 0 radical (unpaired) electrons. The highest BCUT2D eigenvalue weighted by atomic mass is 32.2.